The normalized spacial score (nSPS) is 14.3. The summed E-state index contributed by atoms with van der Waals surface area (Å²) in [6.45, 7) is 6.75. The van der Waals surface area contributed by atoms with Gasteiger partial charge in [-0.25, -0.2) is 0 Å². The lowest BCUT2D eigenvalue weighted by molar-refractivity contribution is -0.0163. The highest BCUT2D eigenvalue weighted by Crippen LogP contribution is 2.16. The monoisotopic (exact) mass is 197 g/mol. The van der Waals surface area contributed by atoms with Crippen LogP contribution in [0.4, 0.5) is 0 Å². The molecule has 3 nitrogen and oxygen atoms in total. The first-order valence-corrected chi connectivity index (χ1v) is 4.87. The van der Waals surface area contributed by atoms with Crippen LogP contribution in [-0.2, 0) is 4.74 Å². The third-order valence-electron chi connectivity index (χ3n) is 1.92. The first kappa shape index (κ1) is 11.3. The molecule has 1 N–H and O–H groups in total. The van der Waals surface area contributed by atoms with E-state index in [0.29, 0.717) is 6.61 Å². The van der Waals surface area contributed by atoms with E-state index in [9.17, 15) is 0 Å². The molecule has 1 heterocycles. The molecule has 1 aromatic heterocycles. The average molecular weight is 197 g/mol. The van der Waals surface area contributed by atoms with E-state index in [1.54, 1.807) is 6.26 Å². The molecule has 14 heavy (non-hydrogen) atoms. The van der Waals surface area contributed by atoms with Crippen molar-refractivity contribution in [1.82, 2.24) is 5.32 Å². The fourth-order valence-electron chi connectivity index (χ4n) is 1.13. The lowest BCUT2D eigenvalue weighted by Crippen LogP contribution is -2.28. The predicted octanol–water partition coefficient (Wildman–Crippen LogP) is 2.36. The minimum atomic E-state index is -0.109. The maximum Gasteiger partial charge on any atom is 0.123 e. The number of hydrogen-bond acceptors (Lipinski definition) is 3. The van der Waals surface area contributed by atoms with Gasteiger partial charge in [-0.05, 0) is 40.0 Å². The summed E-state index contributed by atoms with van der Waals surface area (Å²) in [5, 5.41) is 3.16. The second-order valence-corrected chi connectivity index (χ2v) is 4.28. The van der Waals surface area contributed by atoms with E-state index in [-0.39, 0.29) is 11.6 Å². The van der Waals surface area contributed by atoms with Crippen molar-refractivity contribution in [2.24, 2.45) is 0 Å². The molecule has 0 spiro atoms. The zero-order valence-corrected chi connectivity index (χ0v) is 9.33. The summed E-state index contributed by atoms with van der Waals surface area (Å²) >= 11 is 0. The van der Waals surface area contributed by atoms with Crippen LogP contribution in [0.2, 0.25) is 0 Å². The lowest BCUT2D eigenvalue weighted by atomic mass is 10.2. The van der Waals surface area contributed by atoms with Crippen LogP contribution < -0.4 is 5.32 Å². The first-order chi connectivity index (χ1) is 6.53. The van der Waals surface area contributed by atoms with Gasteiger partial charge in [0.05, 0.1) is 24.5 Å². The minimum Gasteiger partial charge on any atom is -0.468 e. The van der Waals surface area contributed by atoms with Crippen LogP contribution in [0.1, 0.15) is 32.6 Å². The molecule has 0 aliphatic rings. The molecule has 0 bridgehead atoms. The quantitative estimate of drug-likeness (QED) is 0.804. The molecule has 0 amide bonds. The Labute approximate surface area is 85.4 Å². The number of hydrogen-bond donors (Lipinski definition) is 1. The molecule has 0 radical (unpaired) electrons. The van der Waals surface area contributed by atoms with Crippen molar-refractivity contribution in [2.45, 2.75) is 32.4 Å². The van der Waals surface area contributed by atoms with E-state index in [2.05, 4.69) is 5.32 Å². The highest BCUT2D eigenvalue weighted by Gasteiger charge is 2.17. The summed E-state index contributed by atoms with van der Waals surface area (Å²) in [7, 11) is 1.90. The SMILES string of the molecule is CNC(COC(C)(C)C)c1ccco1. The molecule has 0 aliphatic heterocycles. The molecule has 0 aromatic carbocycles. The Balaban J connectivity index is 2.49. The molecule has 1 atom stereocenters. The predicted molar refractivity (Wildman–Crippen MR) is 56.2 cm³/mol. The van der Waals surface area contributed by atoms with Crippen LogP contribution in [0, 0.1) is 0 Å². The molecule has 0 fully saturated rings. The molecule has 80 valence electrons. The van der Waals surface area contributed by atoms with Crippen LogP contribution in [0.25, 0.3) is 0 Å². The summed E-state index contributed by atoms with van der Waals surface area (Å²) in [4.78, 5) is 0. The maximum absolute atomic E-state index is 5.68. The van der Waals surface area contributed by atoms with Gasteiger partial charge in [0.2, 0.25) is 0 Å². The number of rotatable bonds is 4. The number of ether oxygens (including phenoxy) is 1. The van der Waals surface area contributed by atoms with Crippen LogP contribution in [-0.4, -0.2) is 19.3 Å². The summed E-state index contributed by atoms with van der Waals surface area (Å²) in [6, 6.07) is 3.97. The zero-order chi connectivity index (χ0) is 10.6. The van der Waals surface area contributed by atoms with Gasteiger partial charge in [-0.3, -0.25) is 0 Å². The molecule has 3 heteroatoms. The van der Waals surface area contributed by atoms with Gasteiger partial charge >= 0.3 is 0 Å². The number of furan rings is 1. The van der Waals surface area contributed by atoms with E-state index < -0.39 is 0 Å². The smallest absolute Gasteiger partial charge is 0.123 e. The Kier molecular flexibility index (Phi) is 3.72. The van der Waals surface area contributed by atoms with Gasteiger partial charge in [0.1, 0.15) is 5.76 Å². The fourth-order valence-corrected chi connectivity index (χ4v) is 1.13. The van der Waals surface area contributed by atoms with Crippen molar-refractivity contribution >= 4 is 0 Å². The largest absolute Gasteiger partial charge is 0.468 e. The molecule has 0 saturated carbocycles. The third-order valence-corrected chi connectivity index (χ3v) is 1.92. The molecular weight excluding hydrogens is 178 g/mol. The molecular formula is C11H19NO2. The van der Waals surface area contributed by atoms with Crippen molar-refractivity contribution in [3.05, 3.63) is 24.2 Å². The number of nitrogens with one attached hydrogen (secondary N) is 1. The summed E-state index contributed by atoms with van der Waals surface area (Å²) in [6.07, 6.45) is 1.68. The van der Waals surface area contributed by atoms with Crippen molar-refractivity contribution in [2.75, 3.05) is 13.7 Å². The van der Waals surface area contributed by atoms with Crippen LogP contribution in [0.3, 0.4) is 0 Å². The van der Waals surface area contributed by atoms with Gasteiger partial charge in [-0.2, -0.15) is 0 Å². The summed E-state index contributed by atoms with van der Waals surface area (Å²) in [5.74, 6) is 0.914. The van der Waals surface area contributed by atoms with E-state index in [1.807, 2.05) is 40.0 Å². The lowest BCUT2D eigenvalue weighted by Gasteiger charge is -2.23. The van der Waals surface area contributed by atoms with Gasteiger partial charge in [0, 0.05) is 0 Å². The van der Waals surface area contributed by atoms with E-state index in [1.165, 1.54) is 0 Å². The Bertz CT molecular complexity index is 249. The topological polar surface area (TPSA) is 34.4 Å². The third kappa shape index (κ3) is 3.52. The molecule has 0 aliphatic carbocycles. The highest BCUT2D eigenvalue weighted by molar-refractivity contribution is 5.04. The standard InChI is InChI=1S/C11H19NO2/c1-11(2,3)14-8-9(12-4)10-6-5-7-13-10/h5-7,9,12H,8H2,1-4H3. The highest BCUT2D eigenvalue weighted by atomic mass is 16.5. The molecule has 1 unspecified atom stereocenters. The minimum absolute atomic E-state index is 0.109. The van der Waals surface area contributed by atoms with E-state index >= 15 is 0 Å². The zero-order valence-electron chi connectivity index (χ0n) is 9.33. The van der Waals surface area contributed by atoms with Crippen LogP contribution in [0.15, 0.2) is 22.8 Å². The van der Waals surface area contributed by atoms with Gasteiger partial charge in [0.15, 0.2) is 0 Å². The average Bonchev–Trinajstić information content (AvgIpc) is 2.56. The Morgan fingerprint density at radius 1 is 1.50 bits per heavy atom. The van der Waals surface area contributed by atoms with Crippen LogP contribution >= 0.6 is 0 Å². The van der Waals surface area contributed by atoms with Gasteiger partial charge < -0.3 is 14.5 Å². The summed E-state index contributed by atoms with van der Waals surface area (Å²) < 4.78 is 11.0. The fraction of sp³-hybridized carbons (Fsp3) is 0.636. The van der Waals surface area contributed by atoms with Gasteiger partial charge in [-0.15, -0.1) is 0 Å². The van der Waals surface area contributed by atoms with E-state index in [4.69, 9.17) is 9.15 Å². The molecule has 1 aromatic rings. The van der Waals surface area contributed by atoms with Crippen molar-refractivity contribution in [3.63, 3.8) is 0 Å². The van der Waals surface area contributed by atoms with Gasteiger partial charge in [0.25, 0.3) is 0 Å². The Morgan fingerprint density at radius 2 is 2.21 bits per heavy atom. The summed E-state index contributed by atoms with van der Waals surface area (Å²) in [5.41, 5.74) is -0.109. The maximum atomic E-state index is 5.68. The number of likely N-dealkylation sites (N-methyl/N-ethyl adjacent to an activating group) is 1. The second-order valence-electron chi connectivity index (χ2n) is 4.28. The first-order valence-electron chi connectivity index (χ1n) is 4.87. The second kappa shape index (κ2) is 4.62. The van der Waals surface area contributed by atoms with Crippen molar-refractivity contribution < 1.29 is 9.15 Å². The van der Waals surface area contributed by atoms with Crippen molar-refractivity contribution in [3.8, 4) is 0 Å². The van der Waals surface area contributed by atoms with Gasteiger partial charge in [-0.1, -0.05) is 0 Å². The van der Waals surface area contributed by atoms with Crippen LogP contribution in [0.5, 0.6) is 0 Å². The van der Waals surface area contributed by atoms with E-state index in [0.717, 1.165) is 5.76 Å². The Hall–Kier alpha value is -0.800. The molecule has 1 rings (SSSR count). The Morgan fingerprint density at radius 3 is 2.64 bits per heavy atom. The van der Waals surface area contributed by atoms with Crippen molar-refractivity contribution in [1.29, 1.82) is 0 Å². The molecule has 0 saturated heterocycles.